The number of anilines is 1. The van der Waals surface area contributed by atoms with Crippen LogP contribution in [0.4, 0.5) is 11.4 Å². The minimum atomic E-state index is -0.597. The zero-order chi connectivity index (χ0) is 24.9. The van der Waals surface area contributed by atoms with Gasteiger partial charge in [0.05, 0.1) is 17.9 Å². The summed E-state index contributed by atoms with van der Waals surface area (Å²) in [6, 6.07) is 18.2. The van der Waals surface area contributed by atoms with E-state index in [0.717, 1.165) is 22.5 Å². The van der Waals surface area contributed by atoms with Gasteiger partial charge in [0.2, 0.25) is 11.8 Å². The molecule has 0 aliphatic carbocycles. The Morgan fingerprint density at radius 3 is 2.40 bits per heavy atom. The van der Waals surface area contributed by atoms with Gasteiger partial charge in [0, 0.05) is 23.9 Å². The first-order valence-corrected chi connectivity index (χ1v) is 12.1. The highest BCUT2D eigenvalue weighted by Crippen LogP contribution is 2.33. The summed E-state index contributed by atoms with van der Waals surface area (Å²) in [4.78, 5) is 48.2. The van der Waals surface area contributed by atoms with Gasteiger partial charge in [0.15, 0.2) is 11.0 Å². The molecule has 0 radical (unpaired) electrons. The number of Topliss-reactive ketones (excluding diaryl/α,β-unsaturated/α-hetero) is 1. The third-order valence-electron chi connectivity index (χ3n) is 5.44. The molecule has 0 saturated carbocycles. The van der Waals surface area contributed by atoms with Crippen LogP contribution >= 0.6 is 11.8 Å². The number of aliphatic imine (C=N–C) groups is 1. The average Bonchev–Trinajstić information content (AvgIpc) is 3.08. The standard InChI is InChI=1S/C27H26N4O3S/c1-17-12-18(2)14-23(13-17)30-27-31(16-22-6-4-5-11-28-22)26(34)24(35-27)15-25(33)29-21-9-7-20(8-10-21)19(3)32/h4-14,24H,15-16H2,1-3H3,(H,29,33). The number of aromatic nitrogens is 1. The fourth-order valence-corrected chi connectivity index (χ4v) is 4.98. The molecular weight excluding hydrogens is 460 g/mol. The summed E-state index contributed by atoms with van der Waals surface area (Å²) in [7, 11) is 0. The van der Waals surface area contributed by atoms with Crippen LogP contribution in [-0.4, -0.2) is 37.9 Å². The van der Waals surface area contributed by atoms with Crippen molar-refractivity contribution in [2.75, 3.05) is 5.32 Å². The van der Waals surface area contributed by atoms with Gasteiger partial charge in [0.25, 0.3) is 0 Å². The molecule has 35 heavy (non-hydrogen) atoms. The number of nitrogens with one attached hydrogen (secondary N) is 1. The molecule has 178 valence electrons. The summed E-state index contributed by atoms with van der Waals surface area (Å²) in [5.41, 5.74) is 4.82. The van der Waals surface area contributed by atoms with Crippen molar-refractivity contribution in [3.8, 4) is 0 Å². The van der Waals surface area contributed by atoms with Crippen LogP contribution in [-0.2, 0) is 16.1 Å². The SMILES string of the molecule is CC(=O)c1ccc(NC(=O)CC2SC(=Nc3cc(C)cc(C)c3)N(Cc3ccccn3)C2=O)cc1. The molecule has 0 bridgehead atoms. The number of amides is 2. The van der Waals surface area contributed by atoms with E-state index in [0.29, 0.717) is 16.4 Å². The van der Waals surface area contributed by atoms with E-state index in [1.807, 2.05) is 44.2 Å². The minimum absolute atomic E-state index is 0.00252. The smallest absolute Gasteiger partial charge is 0.243 e. The van der Waals surface area contributed by atoms with E-state index in [2.05, 4.69) is 16.4 Å². The van der Waals surface area contributed by atoms with Gasteiger partial charge in [-0.3, -0.25) is 24.3 Å². The Kier molecular flexibility index (Phi) is 7.41. The van der Waals surface area contributed by atoms with E-state index < -0.39 is 5.25 Å². The average molecular weight is 487 g/mol. The van der Waals surface area contributed by atoms with Crippen LogP contribution in [0.25, 0.3) is 0 Å². The van der Waals surface area contributed by atoms with E-state index in [1.165, 1.54) is 18.7 Å². The quantitative estimate of drug-likeness (QED) is 0.471. The van der Waals surface area contributed by atoms with Gasteiger partial charge >= 0.3 is 0 Å². The Balaban J connectivity index is 1.53. The lowest BCUT2D eigenvalue weighted by Crippen LogP contribution is -2.33. The number of hydrogen-bond donors (Lipinski definition) is 1. The van der Waals surface area contributed by atoms with Crippen molar-refractivity contribution in [2.45, 2.75) is 39.0 Å². The maximum absolute atomic E-state index is 13.3. The highest BCUT2D eigenvalue weighted by molar-refractivity contribution is 8.15. The second-order valence-electron chi connectivity index (χ2n) is 8.48. The van der Waals surface area contributed by atoms with Crippen molar-refractivity contribution in [1.82, 2.24) is 9.88 Å². The topological polar surface area (TPSA) is 91.7 Å². The summed E-state index contributed by atoms with van der Waals surface area (Å²) >= 11 is 1.29. The zero-order valence-electron chi connectivity index (χ0n) is 19.8. The Morgan fingerprint density at radius 2 is 1.77 bits per heavy atom. The Labute approximate surface area is 208 Å². The zero-order valence-corrected chi connectivity index (χ0v) is 20.6. The van der Waals surface area contributed by atoms with Crippen LogP contribution in [0.1, 0.15) is 40.5 Å². The molecule has 1 unspecified atom stereocenters. The fraction of sp³-hybridized carbons (Fsp3) is 0.222. The third kappa shape index (κ3) is 6.22. The van der Waals surface area contributed by atoms with Crippen molar-refractivity contribution < 1.29 is 14.4 Å². The van der Waals surface area contributed by atoms with Crippen molar-refractivity contribution in [2.24, 2.45) is 4.99 Å². The first-order valence-electron chi connectivity index (χ1n) is 11.2. The number of carbonyl (C=O) groups excluding carboxylic acids is 3. The maximum Gasteiger partial charge on any atom is 0.243 e. The number of amidine groups is 1. The monoisotopic (exact) mass is 486 g/mol. The lowest BCUT2D eigenvalue weighted by atomic mass is 10.1. The van der Waals surface area contributed by atoms with Crippen LogP contribution in [0.3, 0.4) is 0 Å². The molecule has 7 nitrogen and oxygen atoms in total. The molecule has 4 rings (SSSR count). The molecule has 1 N–H and O–H groups in total. The van der Waals surface area contributed by atoms with Crippen molar-refractivity contribution in [3.63, 3.8) is 0 Å². The molecule has 1 aliphatic heterocycles. The van der Waals surface area contributed by atoms with Gasteiger partial charge in [-0.1, -0.05) is 23.9 Å². The molecule has 1 atom stereocenters. The molecule has 1 saturated heterocycles. The van der Waals surface area contributed by atoms with Crippen LogP contribution in [0.2, 0.25) is 0 Å². The van der Waals surface area contributed by atoms with Gasteiger partial charge in [-0.2, -0.15) is 0 Å². The number of pyridine rings is 1. The number of ketones is 1. The third-order valence-corrected chi connectivity index (χ3v) is 6.62. The maximum atomic E-state index is 13.3. The largest absolute Gasteiger partial charge is 0.326 e. The summed E-state index contributed by atoms with van der Waals surface area (Å²) in [5, 5.41) is 2.77. The molecule has 2 amide bonds. The molecule has 0 spiro atoms. The number of hydrogen-bond acceptors (Lipinski definition) is 6. The number of carbonyl (C=O) groups is 3. The fourth-order valence-electron chi connectivity index (χ4n) is 3.82. The predicted molar refractivity (Wildman–Crippen MR) is 139 cm³/mol. The highest BCUT2D eigenvalue weighted by Gasteiger charge is 2.39. The van der Waals surface area contributed by atoms with Gasteiger partial charge < -0.3 is 5.32 Å². The molecule has 1 aromatic heterocycles. The normalized spacial score (nSPS) is 16.5. The summed E-state index contributed by atoms with van der Waals surface area (Å²) < 4.78 is 0. The number of nitrogens with zero attached hydrogens (tertiary/aromatic N) is 3. The molecule has 8 heteroatoms. The lowest BCUT2D eigenvalue weighted by molar-refractivity contribution is -0.128. The summed E-state index contributed by atoms with van der Waals surface area (Å²) in [5.74, 6) is -0.498. The molecule has 3 aromatic rings. The second kappa shape index (κ2) is 10.7. The Hall–Kier alpha value is -3.78. The van der Waals surface area contributed by atoms with Gasteiger partial charge in [-0.15, -0.1) is 0 Å². The summed E-state index contributed by atoms with van der Waals surface area (Å²) in [6.45, 7) is 5.78. The van der Waals surface area contributed by atoms with Gasteiger partial charge in [0.1, 0.15) is 5.25 Å². The van der Waals surface area contributed by atoms with Crippen LogP contribution in [0.15, 0.2) is 71.9 Å². The van der Waals surface area contributed by atoms with E-state index >= 15 is 0 Å². The highest BCUT2D eigenvalue weighted by atomic mass is 32.2. The molecule has 1 fully saturated rings. The lowest BCUT2D eigenvalue weighted by Gasteiger charge is -2.16. The van der Waals surface area contributed by atoms with Crippen LogP contribution < -0.4 is 5.32 Å². The molecule has 2 aromatic carbocycles. The van der Waals surface area contributed by atoms with E-state index in [1.54, 1.807) is 35.4 Å². The van der Waals surface area contributed by atoms with E-state index in [9.17, 15) is 14.4 Å². The number of thioether (sulfide) groups is 1. The van der Waals surface area contributed by atoms with Gasteiger partial charge in [-0.05, 0) is 80.4 Å². The predicted octanol–water partition coefficient (Wildman–Crippen LogP) is 5.06. The van der Waals surface area contributed by atoms with Crippen molar-refractivity contribution in [1.29, 1.82) is 0 Å². The van der Waals surface area contributed by atoms with Gasteiger partial charge in [-0.25, -0.2) is 4.99 Å². The van der Waals surface area contributed by atoms with Crippen LogP contribution in [0.5, 0.6) is 0 Å². The number of rotatable bonds is 7. The molecule has 2 heterocycles. The number of benzene rings is 2. The van der Waals surface area contributed by atoms with Crippen LogP contribution in [0, 0.1) is 13.8 Å². The number of aryl methyl sites for hydroxylation is 2. The second-order valence-corrected chi connectivity index (χ2v) is 9.65. The van der Waals surface area contributed by atoms with Crippen molar-refractivity contribution in [3.05, 3.63) is 89.2 Å². The Morgan fingerprint density at radius 1 is 1.06 bits per heavy atom. The first-order chi connectivity index (χ1) is 16.8. The molecular formula is C27H26N4O3S. The van der Waals surface area contributed by atoms with Crippen molar-refractivity contribution >= 4 is 45.9 Å². The first kappa shape index (κ1) is 24.3. The summed E-state index contributed by atoms with van der Waals surface area (Å²) in [6.07, 6.45) is 1.69. The minimum Gasteiger partial charge on any atom is -0.326 e. The van der Waals surface area contributed by atoms with E-state index in [4.69, 9.17) is 4.99 Å². The molecule has 1 aliphatic rings. The van der Waals surface area contributed by atoms with E-state index in [-0.39, 0.29) is 30.6 Å². The Bertz CT molecular complexity index is 1270.